The zero-order valence-electron chi connectivity index (χ0n) is 13.0. The van der Waals surface area contributed by atoms with Crippen LogP contribution in [0, 0.1) is 13.8 Å². The van der Waals surface area contributed by atoms with E-state index in [1.165, 1.54) is 0 Å². The molecule has 0 bridgehead atoms. The minimum Gasteiger partial charge on any atom is -0.337 e. The normalized spacial score (nSPS) is 18.5. The van der Waals surface area contributed by atoms with Crippen LogP contribution in [0.15, 0.2) is 24.4 Å². The van der Waals surface area contributed by atoms with E-state index in [1.54, 1.807) is 16.9 Å². The number of aromatic nitrogens is 3. The molecule has 116 valence electrons. The van der Waals surface area contributed by atoms with Crippen molar-refractivity contribution in [3.8, 4) is 5.82 Å². The average Bonchev–Trinajstić information content (AvgIpc) is 2.85. The van der Waals surface area contributed by atoms with E-state index in [-0.39, 0.29) is 11.9 Å². The summed E-state index contributed by atoms with van der Waals surface area (Å²) in [5.41, 5.74) is 8.50. The first-order valence-corrected chi connectivity index (χ1v) is 7.59. The molecule has 3 heterocycles. The Morgan fingerprint density at radius 2 is 2.18 bits per heavy atom. The summed E-state index contributed by atoms with van der Waals surface area (Å²) in [5.74, 6) is 0.722. The standard InChI is InChI=1S/C16H21N5O/c1-11-8-12(2)21(19-11)15-6-5-13(9-18-15)16(22)20-7-3-4-14(17)10-20/h5-6,8-9,14H,3-4,7,10,17H2,1-2H3. The molecular formula is C16H21N5O. The molecule has 1 amide bonds. The monoisotopic (exact) mass is 299 g/mol. The first-order valence-electron chi connectivity index (χ1n) is 7.59. The molecule has 1 aliphatic rings. The Morgan fingerprint density at radius 1 is 1.36 bits per heavy atom. The van der Waals surface area contributed by atoms with Gasteiger partial charge in [-0.2, -0.15) is 5.10 Å². The Bertz CT molecular complexity index is 676. The van der Waals surface area contributed by atoms with Gasteiger partial charge in [0.2, 0.25) is 0 Å². The number of hydrogen-bond donors (Lipinski definition) is 1. The summed E-state index contributed by atoms with van der Waals surface area (Å²) in [5, 5.41) is 4.40. The number of carbonyl (C=O) groups excluding carboxylic acids is 1. The summed E-state index contributed by atoms with van der Waals surface area (Å²) in [6.45, 7) is 5.32. The number of carbonyl (C=O) groups is 1. The van der Waals surface area contributed by atoms with Crippen molar-refractivity contribution < 1.29 is 4.79 Å². The van der Waals surface area contributed by atoms with E-state index in [0.29, 0.717) is 12.1 Å². The van der Waals surface area contributed by atoms with Gasteiger partial charge in [-0.1, -0.05) is 0 Å². The third-order valence-electron chi connectivity index (χ3n) is 3.97. The van der Waals surface area contributed by atoms with Crippen molar-refractivity contribution in [3.05, 3.63) is 41.3 Å². The molecule has 0 aliphatic carbocycles. The molecule has 1 saturated heterocycles. The molecule has 0 aromatic carbocycles. The molecule has 1 fully saturated rings. The second kappa shape index (κ2) is 5.88. The van der Waals surface area contributed by atoms with E-state index in [1.807, 2.05) is 30.9 Å². The van der Waals surface area contributed by atoms with Crippen molar-refractivity contribution in [3.63, 3.8) is 0 Å². The van der Waals surface area contributed by atoms with E-state index >= 15 is 0 Å². The van der Waals surface area contributed by atoms with Crippen LogP contribution in [0.5, 0.6) is 0 Å². The number of hydrogen-bond acceptors (Lipinski definition) is 4. The summed E-state index contributed by atoms with van der Waals surface area (Å²) in [6.07, 6.45) is 3.57. The van der Waals surface area contributed by atoms with Gasteiger partial charge in [-0.25, -0.2) is 9.67 Å². The van der Waals surface area contributed by atoms with Crippen LogP contribution in [0.1, 0.15) is 34.6 Å². The molecule has 0 saturated carbocycles. The van der Waals surface area contributed by atoms with Crippen LogP contribution in [-0.4, -0.2) is 44.7 Å². The van der Waals surface area contributed by atoms with E-state index < -0.39 is 0 Å². The van der Waals surface area contributed by atoms with Crippen LogP contribution in [0.3, 0.4) is 0 Å². The first kappa shape index (κ1) is 14.7. The van der Waals surface area contributed by atoms with Gasteiger partial charge < -0.3 is 10.6 Å². The zero-order valence-corrected chi connectivity index (χ0v) is 13.0. The molecule has 6 nitrogen and oxygen atoms in total. The molecule has 3 rings (SSSR count). The smallest absolute Gasteiger partial charge is 0.255 e. The molecular weight excluding hydrogens is 278 g/mol. The van der Waals surface area contributed by atoms with Crippen molar-refractivity contribution in [1.82, 2.24) is 19.7 Å². The van der Waals surface area contributed by atoms with Gasteiger partial charge in [0.25, 0.3) is 5.91 Å². The molecule has 1 aliphatic heterocycles. The quantitative estimate of drug-likeness (QED) is 0.910. The molecule has 0 radical (unpaired) electrons. The maximum absolute atomic E-state index is 12.5. The van der Waals surface area contributed by atoms with Crippen LogP contribution >= 0.6 is 0 Å². The Morgan fingerprint density at radius 3 is 2.77 bits per heavy atom. The number of piperidine rings is 1. The Kier molecular flexibility index (Phi) is 3.94. The highest BCUT2D eigenvalue weighted by molar-refractivity contribution is 5.94. The maximum Gasteiger partial charge on any atom is 0.255 e. The van der Waals surface area contributed by atoms with Crippen LogP contribution < -0.4 is 5.73 Å². The zero-order chi connectivity index (χ0) is 15.7. The predicted molar refractivity (Wildman–Crippen MR) is 83.9 cm³/mol. The lowest BCUT2D eigenvalue weighted by molar-refractivity contribution is 0.0708. The van der Waals surface area contributed by atoms with Crippen molar-refractivity contribution >= 4 is 5.91 Å². The van der Waals surface area contributed by atoms with Crippen LogP contribution in [0.4, 0.5) is 0 Å². The molecule has 2 aromatic heterocycles. The van der Waals surface area contributed by atoms with Gasteiger partial charge >= 0.3 is 0 Å². The number of nitrogens with zero attached hydrogens (tertiary/aromatic N) is 4. The number of nitrogens with two attached hydrogens (primary N) is 1. The summed E-state index contributed by atoms with van der Waals surface area (Å²) in [4.78, 5) is 18.7. The largest absolute Gasteiger partial charge is 0.337 e. The SMILES string of the molecule is Cc1cc(C)n(-c2ccc(C(=O)N3CCCC(N)C3)cn2)n1. The number of rotatable bonds is 2. The van der Waals surface area contributed by atoms with Gasteiger partial charge in [0.15, 0.2) is 5.82 Å². The topological polar surface area (TPSA) is 77.0 Å². The Hall–Kier alpha value is -2.21. The fraction of sp³-hybridized carbons (Fsp3) is 0.438. The van der Waals surface area contributed by atoms with Crippen molar-refractivity contribution in [2.24, 2.45) is 5.73 Å². The van der Waals surface area contributed by atoms with Crippen LogP contribution in [0.25, 0.3) is 5.82 Å². The highest BCUT2D eigenvalue weighted by Crippen LogP contribution is 2.14. The van der Waals surface area contributed by atoms with Crippen molar-refractivity contribution in [2.75, 3.05) is 13.1 Å². The number of amides is 1. The number of likely N-dealkylation sites (tertiary alicyclic amines) is 1. The molecule has 2 N–H and O–H groups in total. The fourth-order valence-corrected chi connectivity index (χ4v) is 2.88. The molecule has 2 aromatic rings. The lowest BCUT2D eigenvalue weighted by Crippen LogP contribution is -2.45. The van der Waals surface area contributed by atoms with E-state index in [4.69, 9.17) is 5.73 Å². The fourth-order valence-electron chi connectivity index (χ4n) is 2.88. The van der Waals surface area contributed by atoms with Gasteiger partial charge in [-0.3, -0.25) is 4.79 Å². The van der Waals surface area contributed by atoms with Gasteiger partial charge in [-0.15, -0.1) is 0 Å². The van der Waals surface area contributed by atoms with Gasteiger partial charge in [-0.05, 0) is 44.9 Å². The maximum atomic E-state index is 12.5. The summed E-state index contributed by atoms with van der Waals surface area (Å²) in [6, 6.07) is 5.72. The molecule has 1 unspecified atom stereocenters. The minimum atomic E-state index is 0.00238. The number of aryl methyl sites for hydroxylation is 2. The summed E-state index contributed by atoms with van der Waals surface area (Å²) < 4.78 is 1.78. The molecule has 22 heavy (non-hydrogen) atoms. The summed E-state index contributed by atoms with van der Waals surface area (Å²) in [7, 11) is 0. The van der Waals surface area contributed by atoms with Gasteiger partial charge in [0, 0.05) is 31.0 Å². The summed E-state index contributed by atoms with van der Waals surface area (Å²) >= 11 is 0. The van der Waals surface area contributed by atoms with Crippen LogP contribution in [0.2, 0.25) is 0 Å². The molecule has 1 atom stereocenters. The second-order valence-corrected chi connectivity index (χ2v) is 5.90. The lowest BCUT2D eigenvalue weighted by Gasteiger charge is -2.30. The molecule has 6 heteroatoms. The highest BCUT2D eigenvalue weighted by Gasteiger charge is 2.22. The Labute approximate surface area is 129 Å². The lowest BCUT2D eigenvalue weighted by atomic mass is 10.1. The number of pyridine rings is 1. The Balaban J connectivity index is 1.79. The third-order valence-corrected chi connectivity index (χ3v) is 3.97. The van der Waals surface area contributed by atoms with E-state index in [0.717, 1.165) is 36.6 Å². The second-order valence-electron chi connectivity index (χ2n) is 5.90. The third kappa shape index (κ3) is 2.87. The predicted octanol–water partition coefficient (Wildman–Crippen LogP) is 1.45. The minimum absolute atomic E-state index is 0.00238. The van der Waals surface area contributed by atoms with Gasteiger partial charge in [0.1, 0.15) is 0 Å². The highest BCUT2D eigenvalue weighted by atomic mass is 16.2. The van der Waals surface area contributed by atoms with Crippen LogP contribution in [-0.2, 0) is 0 Å². The molecule has 0 spiro atoms. The van der Waals surface area contributed by atoms with E-state index in [2.05, 4.69) is 10.1 Å². The van der Waals surface area contributed by atoms with Crippen molar-refractivity contribution in [2.45, 2.75) is 32.7 Å². The van der Waals surface area contributed by atoms with E-state index in [9.17, 15) is 4.79 Å². The van der Waals surface area contributed by atoms with Crippen molar-refractivity contribution in [1.29, 1.82) is 0 Å². The first-order chi connectivity index (χ1) is 10.5. The average molecular weight is 299 g/mol. The van der Waals surface area contributed by atoms with Gasteiger partial charge in [0.05, 0.1) is 11.3 Å².